The van der Waals surface area contributed by atoms with Gasteiger partial charge in [-0.15, -0.1) is 0 Å². The van der Waals surface area contributed by atoms with Gasteiger partial charge in [-0.1, -0.05) is 0 Å². The van der Waals surface area contributed by atoms with Crippen LogP contribution in [0.25, 0.3) is 0 Å². The van der Waals surface area contributed by atoms with Crippen molar-refractivity contribution in [2.75, 3.05) is 7.05 Å². The lowest BCUT2D eigenvalue weighted by atomic mass is 10.0. The number of aromatic nitrogens is 2. The van der Waals surface area contributed by atoms with Crippen LogP contribution in [0.2, 0.25) is 0 Å². The first kappa shape index (κ1) is 15.7. The average Bonchev–Trinajstić information content (AvgIpc) is 2.75. The molecule has 1 amide bonds. The molecule has 1 unspecified atom stereocenters. The van der Waals surface area contributed by atoms with Gasteiger partial charge in [-0.05, 0) is 48.6 Å². The van der Waals surface area contributed by atoms with E-state index in [-0.39, 0.29) is 23.0 Å². The van der Waals surface area contributed by atoms with Gasteiger partial charge >= 0.3 is 0 Å². The predicted molar refractivity (Wildman–Crippen MR) is 76.9 cm³/mol. The molecule has 1 aromatic rings. The second kappa shape index (κ2) is 5.33. The maximum absolute atomic E-state index is 12.2. The highest BCUT2D eigenvalue weighted by molar-refractivity contribution is 5.80. The molecule has 1 atom stereocenters. The van der Waals surface area contributed by atoms with Gasteiger partial charge in [0, 0.05) is 5.54 Å². The number of hydrogen-bond donors (Lipinski definition) is 2. The summed E-state index contributed by atoms with van der Waals surface area (Å²) >= 11 is 0. The SMILES string of the molecule is CNC(C)(C)c1cncn1C(C)C(=O)NC(C)(C)C. The molecule has 0 saturated carbocycles. The van der Waals surface area contributed by atoms with Crippen molar-refractivity contribution in [1.82, 2.24) is 20.2 Å². The van der Waals surface area contributed by atoms with Crippen LogP contribution in [0.3, 0.4) is 0 Å². The minimum Gasteiger partial charge on any atom is -0.350 e. The maximum atomic E-state index is 12.2. The van der Waals surface area contributed by atoms with Crippen molar-refractivity contribution in [2.24, 2.45) is 0 Å². The van der Waals surface area contributed by atoms with Gasteiger partial charge in [0.2, 0.25) is 5.91 Å². The van der Waals surface area contributed by atoms with Gasteiger partial charge in [0.25, 0.3) is 0 Å². The summed E-state index contributed by atoms with van der Waals surface area (Å²) in [5.41, 5.74) is 0.531. The molecule has 5 nitrogen and oxygen atoms in total. The van der Waals surface area contributed by atoms with Crippen LogP contribution >= 0.6 is 0 Å². The Morgan fingerprint density at radius 1 is 1.32 bits per heavy atom. The molecule has 5 heteroatoms. The summed E-state index contributed by atoms with van der Waals surface area (Å²) in [6.07, 6.45) is 3.51. The van der Waals surface area contributed by atoms with Gasteiger partial charge in [-0.2, -0.15) is 0 Å². The Balaban J connectivity index is 2.99. The number of carbonyl (C=O) groups excluding carboxylic acids is 1. The summed E-state index contributed by atoms with van der Waals surface area (Å²) in [5.74, 6) is -0.00125. The number of amides is 1. The Morgan fingerprint density at radius 2 is 1.89 bits per heavy atom. The Kier molecular flexibility index (Phi) is 4.40. The van der Waals surface area contributed by atoms with E-state index < -0.39 is 0 Å². The predicted octanol–water partition coefficient (Wildman–Crippen LogP) is 1.81. The van der Waals surface area contributed by atoms with Crippen LogP contribution in [0, 0.1) is 0 Å². The Bertz CT molecular complexity index is 443. The fraction of sp³-hybridized carbons (Fsp3) is 0.714. The van der Waals surface area contributed by atoms with E-state index in [1.54, 1.807) is 12.5 Å². The van der Waals surface area contributed by atoms with E-state index in [9.17, 15) is 4.79 Å². The summed E-state index contributed by atoms with van der Waals surface area (Å²) in [4.78, 5) is 16.4. The van der Waals surface area contributed by atoms with Crippen LogP contribution in [0.4, 0.5) is 0 Å². The van der Waals surface area contributed by atoms with Crippen LogP contribution in [0.15, 0.2) is 12.5 Å². The van der Waals surface area contributed by atoms with Crippen molar-refractivity contribution in [1.29, 1.82) is 0 Å². The van der Waals surface area contributed by atoms with E-state index in [2.05, 4.69) is 29.5 Å². The Morgan fingerprint density at radius 3 is 2.37 bits per heavy atom. The van der Waals surface area contributed by atoms with Crippen molar-refractivity contribution in [2.45, 2.75) is 58.7 Å². The molecule has 0 aliphatic heterocycles. The van der Waals surface area contributed by atoms with Crippen molar-refractivity contribution >= 4 is 5.91 Å². The van der Waals surface area contributed by atoms with Crippen LogP contribution < -0.4 is 10.6 Å². The van der Waals surface area contributed by atoms with Crippen LogP contribution in [0.5, 0.6) is 0 Å². The van der Waals surface area contributed by atoms with Gasteiger partial charge in [-0.3, -0.25) is 4.79 Å². The molecule has 0 saturated heterocycles. The largest absolute Gasteiger partial charge is 0.350 e. The third kappa shape index (κ3) is 3.80. The molecular formula is C14H26N4O. The van der Waals surface area contributed by atoms with E-state index in [4.69, 9.17) is 0 Å². The Hall–Kier alpha value is -1.36. The van der Waals surface area contributed by atoms with Crippen molar-refractivity contribution < 1.29 is 4.79 Å². The molecule has 0 aliphatic carbocycles. The van der Waals surface area contributed by atoms with Crippen LogP contribution in [-0.4, -0.2) is 28.0 Å². The minimum absolute atomic E-state index is 0.00125. The van der Waals surface area contributed by atoms with Gasteiger partial charge in [0.15, 0.2) is 0 Å². The van der Waals surface area contributed by atoms with Crippen molar-refractivity contribution in [3.63, 3.8) is 0 Å². The van der Waals surface area contributed by atoms with E-state index in [1.165, 1.54) is 0 Å². The highest BCUT2D eigenvalue weighted by Gasteiger charge is 2.27. The van der Waals surface area contributed by atoms with Gasteiger partial charge in [0.05, 0.1) is 23.8 Å². The van der Waals surface area contributed by atoms with E-state index in [0.29, 0.717) is 0 Å². The summed E-state index contributed by atoms with van der Waals surface area (Å²) in [7, 11) is 1.90. The zero-order chi connectivity index (χ0) is 14.8. The number of nitrogens with one attached hydrogen (secondary N) is 2. The highest BCUT2D eigenvalue weighted by atomic mass is 16.2. The summed E-state index contributed by atoms with van der Waals surface area (Å²) < 4.78 is 1.91. The molecule has 1 heterocycles. The summed E-state index contributed by atoms with van der Waals surface area (Å²) in [6.45, 7) is 11.9. The third-order valence-corrected chi connectivity index (χ3v) is 3.23. The summed E-state index contributed by atoms with van der Waals surface area (Å²) in [5, 5.41) is 6.23. The molecule has 19 heavy (non-hydrogen) atoms. The molecule has 1 rings (SSSR count). The number of hydrogen-bond acceptors (Lipinski definition) is 3. The third-order valence-electron chi connectivity index (χ3n) is 3.23. The molecule has 2 N–H and O–H groups in total. The standard InChI is InChI=1S/C14H26N4O/c1-10(12(19)17-13(2,3)4)18-9-16-8-11(18)14(5,6)15-7/h8-10,15H,1-7H3,(H,17,19). The fourth-order valence-electron chi connectivity index (χ4n) is 1.83. The topological polar surface area (TPSA) is 59.0 Å². The zero-order valence-electron chi connectivity index (χ0n) is 13.0. The monoisotopic (exact) mass is 266 g/mol. The van der Waals surface area contributed by atoms with Crippen molar-refractivity contribution in [3.8, 4) is 0 Å². The lowest BCUT2D eigenvalue weighted by molar-refractivity contribution is -0.125. The average molecular weight is 266 g/mol. The number of carbonyl (C=O) groups is 1. The molecule has 0 radical (unpaired) electrons. The summed E-state index contributed by atoms with van der Waals surface area (Å²) in [6, 6.07) is -0.288. The van der Waals surface area contributed by atoms with Gasteiger partial charge in [0.1, 0.15) is 6.04 Å². The lowest BCUT2D eigenvalue weighted by Gasteiger charge is -2.29. The van der Waals surface area contributed by atoms with Crippen LogP contribution in [0.1, 0.15) is 53.3 Å². The highest BCUT2D eigenvalue weighted by Crippen LogP contribution is 2.22. The number of nitrogens with zero attached hydrogens (tertiary/aromatic N) is 2. The smallest absolute Gasteiger partial charge is 0.243 e. The first-order chi connectivity index (χ1) is 8.58. The second-order valence-corrected chi connectivity index (χ2v) is 6.48. The number of imidazole rings is 1. The normalized spacial score (nSPS) is 14.3. The van der Waals surface area contributed by atoms with E-state index in [0.717, 1.165) is 5.69 Å². The lowest BCUT2D eigenvalue weighted by Crippen LogP contribution is -2.45. The number of rotatable bonds is 4. The minimum atomic E-state index is -0.288. The Labute approximate surface area is 115 Å². The first-order valence-electron chi connectivity index (χ1n) is 6.62. The van der Waals surface area contributed by atoms with Crippen LogP contribution in [-0.2, 0) is 10.3 Å². The van der Waals surface area contributed by atoms with E-state index >= 15 is 0 Å². The second-order valence-electron chi connectivity index (χ2n) is 6.48. The molecule has 0 bridgehead atoms. The maximum Gasteiger partial charge on any atom is 0.243 e. The molecule has 0 aromatic carbocycles. The quantitative estimate of drug-likeness (QED) is 0.874. The van der Waals surface area contributed by atoms with Gasteiger partial charge < -0.3 is 15.2 Å². The van der Waals surface area contributed by atoms with Gasteiger partial charge in [-0.25, -0.2) is 4.98 Å². The molecule has 0 aliphatic rings. The fourth-order valence-corrected chi connectivity index (χ4v) is 1.83. The molecular weight excluding hydrogens is 240 g/mol. The molecule has 1 aromatic heterocycles. The molecule has 0 fully saturated rings. The first-order valence-corrected chi connectivity index (χ1v) is 6.62. The molecule has 0 spiro atoms. The zero-order valence-corrected chi connectivity index (χ0v) is 13.0. The molecule has 108 valence electrons. The van der Waals surface area contributed by atoms with E-state index in [1.807, 2.05) is 39.3 Å². The van der Waals surface area contributed by atoms with Crippen molar-refractivity contribution in [3.05, 3.63) is 18.2 Å².